The van der Waals surface area contributed by atoms with Gasteiger partial charge in [0.25, 0.3) is 0 Å². The number of ether oxygens (including phenoxy) is 1. The molecule has 0 radical (unpaired) electrons. The van der Waals surface area contributed by atoms with Gasteiger partial charge in [0.1, 0.15) is 18.2 Å². The van der Waals surface area contributed by atoms with E-state index in [2.05, 4.69) is 0 Å². The number of rotatable bonds is 5. The first-order chi connectivity index (χ1) is 9.60. The quantitative estimate of drug-likeness (QED) is 0.897. The van der Waals surface area contributed by atoms with Crippen molar-refractivity contribution in [2.24, 2.45) is 5.73 Å². The molecule has 2 aromatic carbocycles. The van der Waals surface area contributed by atoms with E-state index in [0.29, 0.717) is 34.3 Å². The molecular weight excluding hydrogens is 300 g/mol. The minimum absolute atomic E-state index is 0.103. The van der Waals surface area contributed by atoms with Crippen LogP contribution in [0.5, 0.6) is 5.75 Å². The van der Waals surface area contributed by atoms with Crippen molar-refractivity contribution >= 4 is 23.2 Å². The Labute approximate surface area is 127 Å². The van der Waals surface area contributed by atoms with Crippen molar-refractivity contribution in [3.63, 3.8) is 0 Å². The predicted octanol–water partition coefficient (Wildman–Crippen LogP) is 4.21. The SMILES string of the molecule is NCCc1cc(Cl)ccc1OCc1cc(Cl)ccc1F. The van der Waals surface area contributed by atoms with Gasteiger partial charge in [0.2, 0.25) is 0 Å². The van der Waals surface area contributed by atoms with E-state index in [1.165, 1.54) is 12.1 Å². The molecule has 0 saturated carbocycles. The fourth-order valence-corrected chi connectivity index (χ4v) is 2.24. The van der Waals surface area contributed by atoms with Gasteiger partial charge < -0.3 is 10.5 Å². The molecule has 0 spiro atoms. The third-order valence-corrected chi connectivity index (χ3v) is 3.30. The van der Waals surface area contributed by atoms with Crippen molar-refractivity contribution < 1.29 is 9.13 Å². The minimum Gasteiger partial charge on any atom is -0.489 e. The van der Waals surface area contributed by atoms with Gasteiger partial charge >= 0.3 is 0 Å². The van der Waals surface area contributed by atoms with Gasteiger partial charge in [-0.1, -0.05) is 23.2 Å². The number of benzene rings is 2. The summed E-state index contributed by atoms with van der Waals surface area (Å²) in [6.45, 7) is 0.591. The Balaban J connectivity index is 2.16. The van der Waals surface area contributed by atoms with Crippen LogP contribution in [0.3, 0.4) is 0 Å². The van der Waals surface area contributed by atoms with Crippen LogP contribution >= 0.6 is 23.2 Å². The predicted molar refractivity (Wildman–Crippen MR) is 80.0 cm³/mol. The zero-order valence-electron chi connectivity index (χ0n) is 10.7. The lowest BCUT2D eigenvalue weighted by Gasteiger charge is -2.12. The second kappa shape index (κ2) is 6.93. The number of hydrogen-bond donors (Lipinski definition) is 1. The third kappa shape index (κ3) is 3.85. The Bertz CT molecular complexity index is 604. The summed E-state index contributed by atoms with van der Waals surface area (Å²) < 4.78 is 19.3. The van der Waals surface area contributed by atoms with E-state index in [4.69, 9.17) is 33.7 Å². The van der Waals surface area contributed by atoms with Gasteiger partial charge in [0.05, 0.1) is 0 Å². The maximum Gasteiger partial charge on any atom is 0.129 e. The van der Waals surface area contributed by atoms with Crippen LogP contribution in [-0.4, -0.2) is 6.54 Å². The molecule has 0 aromatic heterocycles. The van der Waals surface area contributed by atoms with E-state index < -0.39 is 0 Å². The normalized spacial score (nSPS) is 10.6. The lowest BCUT2D eigenvalue weighted by Crippen LogP contribution is -2.06. The van der Waals surface area contributed by atoms with Gasteiger partial charge in [0.15, 0.2) is 0 Å². The smallest absolute Gasteiger partial charge is 0.129 e. The summed E-state index contributed by atoms with van der Waals surface area (Å²) in [6.07, 6.45) is 0.647. The molecule has 5 heteroatoms. The molecule has 2 nitrogen and oxygen atoms in total. The number of nitrogens with two attached hydrogens (primary N) is 1. The van der Waals surface area contributed by atoms with Crippen molar-refractivity contribution in [3.8, 4) is 5.75 Å². The zero-order valence-corrected chi connectivity index (χ0v) is 12.2. The average Bonchev–Trinajstić information content (AvgIpc) is 2.42. The summed E-state index contributed by atoms with van der Waals surface area (Å²) in [6, 6.07) is 9.67. The van der Waals surface area contributed by atoms with E-state index in [9.17, 15) is 4.39 Å². The topological polar surface area (TPSA) is 35.2 Å². The largest absolute Gasteiger partial charge is 0.489 e. The highest BCUT2D eigenvalue weighted by Gasteiger charge is 2.08. The molecule has 0 atom stereocenters. The molecule has 0 fully saturated rings. The zero-order chi connectivity index (χ0) is 14.5. The Morgan fingerprint density at radius 1 is 1.00 bits per heavy atom. The van der Waals surface area contributed by atoms with E-state index in [1.54, 1.807) is 24.3 Å². The molecule has 0 amide bonds. The Hall–Kier alpha value is -1.29. The van der Waals surface area contributed by atoms with Crippen molar-refractivity contribution in [3.05, 3.63) is 63.4 Å². The molecule has 2 aromatic rings. The third-order valence-electron chi connectivity index (χ3n) is 2.83. The van der Waals surface area contributed by atoms with Crippen LogP contribution in [0.2, 0.25) is 10.0 Å². The lowest BCUT2D eigenvalue weighted by molar-refractivity contribution is 0.297. The summed E-state index contributed by atoms with van der Waals surface area (Å²) in [5.74, 6) is 0.308. The first kappa shape index (κ1) is 15.1. The van der Waals surface area contributed by atoms with Crippen LogP contribution in [0.15, 0.2) is 36.4 Å². The summed E-state index contributed by atoms with van der Waals surface area (Å²) in [7, 11) is 0. The van der Waals surface area contributed by atoms with Gasteiger partial charge in [0, 0.05) is 15.6 Å². The Morgan fingerprint density at radius 2 is 1.65 bits per heavy atom. The average molecular weight is 314 g/mol. The van der Waals surface area contributed by atoms with Crippen molar-refractivity contribution in [2.75, 3.05) is 6.54 Å². The molecule has 0 aliphatic rings. The maximum absolute atomic E-state index is 13.6. The lowest BCUT2D eigenvalue weighted by atomic mass is 10.1. The van der Waals surface area contributed by atoms with E-state index in [0.717, 1.165) is 5.56 Å². The molecule has 20 heavy (non-hydrogen) atoms. The summed E-state index contributed by atoms with van der Waals surface area (Å²) in [5.41, 5.74) is 6.87. The molecule has 0 saturated heterocycles. The number of hydrogen-bond acceptors (Lipinski definition) is 2. The summed E-state index contributed by atoms with van der Waals surface area (Å²) in [4.78, 5) is 0. The second-order valence-corrected chi connectivity index (χ2v) is 5.19. The molecular formula is C15H14Cl2FNO. The summed E-state index contributed by atoms with van der Waals surface area (Å²) in [5, 5.41) is 1.10. The molecule has 0 aliphatic carbocycles. The first-order valence-corrected chi connectivity index (χ1v) is 6.91. The summed E-state index contributed by atoms with van der Waals surface area (Å²) >= 11 is 11.8. The van der Waals surface area contributed by atoms with Crippen LogP contribution in [0, 0.1) is 5.82 Å². The van der Waals surface area contributed by atoms with Crippen LogP contribution < -0.4 is 10.5 Å². The minimum atomic E-state index is -0.344. The molecule has 0 unspecified atom stereocenters. The Morgan fingerprint density at radius 3 is 2.35 bits per heavy atom. The standard InChI is InChI=1S/C15H14Cl2FNO/c16-12-1-3-14(18)11(8-12)9-20-15-4-2-13(17)7-10(15)5-6-19/h1-4,7-8H,5-6,9,19H2. The first-order valence-electron chi connectivity index (χ1n) is 6.15. The highest BCUT2D eigenvalue weighted by atomic mass is 35.5. The van der Waals surface area contributed by atoms with E-state index in [1.807, 2.05) is 0 Å². The number of halogens is 3. The molecule has 0 bridgehead atoms. The monoisotopic (exact) mass is 313 g/mol. The van der Waals surface area contributed by atoms with Crippen LogP contribution in [0.4, 0.5) is 4.39 Å². The van der Waals surface area contributed by atoms with Crippen molar-refractivity contribution in [2.45, 2.75) is 13.0 Å². The van der Waals surface area contributed by atoms with E-state index in [-0.39, 0.29) is 12.4 Å². The molecule has 106 valence electrons. The molecule has 2 N–H and O–H groups in total. The van der Waals surface area contributed by atoms with Gasteiger partial charge in [-0.15, -0.1) is 0 Å². The van der Waals surface area contributed by atoms with Gasteiger partial charge in [-0.2, -0.15) is 0 Å². The van der Waals surface area contributed by atoms with Crippen LogP contribution in [-0.2, 0) is 13.0 Å². The van der Waals surface area contributed by atoms with Gasteiger partial charge in [-0.05, 0) is 54.9 Å². The van der Waals surface area contributed by atoms with Gasteiger partial charge in [-0.25, -0.2) is 4.39 Å². The fourth-order valence-electron chi connectivity index (χ4n) is 1.85. The van der Waals surface area contributed by atoms with Crippen LogP contribution in [0.1, 0.15) is 11.1 Å². The fraction of sp³-hybridized carbons (Fsp3) is 0.200. The van der Waals surface area contributed by atoms with Crippen molar-refractivity contribution in [1.82, 2.24) is 0 Å². The second-order valence-electron chi connectivity index (χ2n) is 4.32. The Kier molecular flexibility index (Phi) is 5.24. The molecule has 0 heterocycles. The highest BCUT2D eigenvalue weighted by molar-refractivity contribution is 6.30. The molecule has 2 rings (SSSR count). The van der Waals surface area contributed by atoms with Crippen LogP contribution in [0.25, 0.3) is 0 Å². The highest BCUT2D eigenvalue weighted by Crippen LogP contribution is 2.25. The van der Waals surface area contributed by atoms with Crippen molar-refractivity contribution in [1.29, 1.82) is 0 Å². The van der Waals surface area contributed by atoms with E-state index >= 15 is 0 Å². The van der Waals surface area contributed by atoms with Gasteiger partial charge in [-0.3, -0.25) is 0 Å². The maximum atomic E-state index is 13.6. The molecule has 0 aliphatic heterocycles.